The third-order valence-electron chi connectivity index (χ3n) is 5.37. The number of fused-ring (bicyclic) bond motifs is 1. The smallest absolute Gasteiger partial charge is 0.328 e. The average Bonchev–Trinajstić information content (AvgIpc) is 3.28. The molecule has 2 heterocycles. The SMILES string of the molecule is Cc1cc(C(=O)COC(=O)CN=C2NS(=O)(=O)c3ccccc32)c(C)n1NC(=O)c1ccccc1. The highest BCUT2D eigenvalue weighted by Gasteiger charge is 2.30. The van der Waals surface area contributed by atoms with Gasteiger partial charge in [-0.15, -0.1) is 0 Å². The van der Waals surface area contributed by atoms with Crippen LogP contribution in [0.2, 0.25) is 0 Å². The summed E-state index contributed by atoms with van der Waals surface area (Å²) in [5.41, 5.74) is 4.99. The number of sulfonamides is 1. The highest BCUT2D eigenvalue weighted by molar-refractivity contribution is 7.90. The zero-order valence-electron chi connectivity index (χ0n) is 18.9. The van der Waals surface area contributed by atoms with Gasteiger partial charge < -0.3 is 4.74 Å². The average molecular weight is 495 g/mol. The zero-order chi connectivity index (χ0) is 25.2. The van der Waals surface area contributed by atoms with Crippen molar-refractivity contribution in [3.05, 3.63) is 88.7 Å². The van der Waals surface area contributed by atoms with Gasteiger partial charge in [0.25, 0.3) is 15.9 Å². The summed E-state index contributed by atoms with van der Waals surface area (Å²) >= 11 is 0. The second kappa shape index (κ2) is 9.55. The van der Waals surface area contributed by atoms with E-state index in [2.05, 4.69) is 15.1 Å². The van der Waals surface area contributed by atoms with E-state index in [-0.39, 0.29) is 16.6 Å². The van der Waals surface area contributed by atoms with Crippen molar-refractivity contribution in [2.75, 3.05) is 18.6 Å². The van der Waals surface area contributed by atoms with Crippen LogP contribution in [0.1, 0.15) is 37.7 Å². The molecule has 0 fully saturated rings. The van der Waals surface area contributed by atoms with Gasteiger partial charge in [-0.25, -0.2) is 8.42 Å². The summed E-state index contributed by atoms with van der Waals surface area (Å²) in [6.07, 6.45) is 0. The number of ether oxygens (including phenoxy) is 1. The topological polar surface area (TPSA) is 136 Å². The molecule has 0 unspecified atom stereocenters. The lowest BCUT2D eigenvalue weighted by molar-refractivity contribution is -0.140. The van der Waals surface area contributed by atoms with Crippen molar-refractivity contribution in [1.82, 2.24) is 9.40 Å². The van der Waals surface area contributed by atoms with Crippen LogP contribution in [-0.2, 0) is 19.6 Å². The first-order valence-corrected chi connectivity index (χ1v) is 12.1. The van der Waals surface area contributed by atoms with Gasteiger partial charge in [0.05, 0.1) is 4.90 Å². The van der Waals surface area contributed by atoms with E-state index in [1.165, 1.54) is 10.7 Å². The van der Waals surface area contributed by atoms with Crippen molar-refractivity contribution < 1.29 is 27.5 Å². The molecular weight excluding hydrogens is 472 g/mol. The van der Waals surface area contributed by atoms with Crippen LogP contribution in [0.4, 0.5) is 0 Å². The highest BCUT2D eigenvalue weighted by atomic mass is 32.2. The molecule has 1 aliphatic heterocycles. The fourth-order valence-electron chi connectivity index (χ4n) is 3.64. The lowest BCUT2D eigenvalue weighted by atomic mass is 10.1. The molecule has 2 aromatic carbocycles. The molecule has 0 spiro atoms. The van der Waals surface area contributed by atoms with E-state index in [4.69, 9.17) is 4.74 Å². The third kappa shape index (κ3) is 4.99. The van der Waals surface area contributed by atoms with Gasteiger partial charge >= 0.3 is 5.97 Å². The first-order chi connectivity index (χ1) is 16.7. The lowest BCUT2D eigenvalue weighted by Crippen LogP contribution is -2.25. The summed E-state index contributed by atoms with van der Waals surface area (Å²) in [5, 5.41) is 0. The number of nitrogens with one attached hydrogen (secondary N) is 2. The number of nitrogens with zero attached hydrogens (tertiary/aromatic N) is 2. The number of hydrogen-bond donors (Lipinski definition) is 2. The van der Waals surface area contributed by atoms with Crippen molar-refractivity contribution in [2.24, 2.45) is 4.99 Å². The number of hydrogen-bond acceptors (Lipinski definition) is 7. The minimum absolute atomic E-state index is 0.0431. The Bertz CT molecular complexity index is 1460. The second-order valence-electron chi connectivity index (χ2n) is 7.78. The molecule has 0 saturated carbocycles. The maximum atomic E-state index is 12.7. The number of amides is 1. The number of carbonyl (C=O) groups is 3. The minimum Gasteiger partial charge on any atom is -0.456 e. The van der Waals surface area contributed by atoms with E-state index in [9.17, 15) is 22.8 Å². The predicted octanol–water partition coefficient (Wildman–Crippen LogP) is 1.95. The van der Waals surface area contributed by atoms with Crippen LogP contribution < -0.4 is 10.1 Å². The van der Waals surface area contributed by atoms with E-state index in [1.807, 2.05) is 0 Å². The van der Waals surface area contributed by atoms with Crippen LogP contribution in [0.3, 0.4) is 0 Å². The monoisotopic (exact) mass is 494 g/mol. The Morgan fingerprint density at radius 3 is 2.46 bits per heavy atom. The number of Topliss-reactive ketones (excluding diaryl/α,β-unsaturated/α-hetero) is 1. The van der Waals surface area contributed by atoms with Crippen LogP contribution in [0, 0.1) is 13.8 Å². The summed E-state index contributed by atoms with van der Waals surface area (Å²) in [4.78, 5) is 41.4. The summed E-state index contributed by atoms with van der Waals surface area (Å²) in [6, 6.07) is 16.5. The number of rotatable bonds is 7. The van der Waals surface area contributed by atoms with Crippen LogP contribution >= 0.6 is 0 Å². The number of amidine groups is 1. The standard InChI is InChI=1S/C24H22N4O6S/c1-15-12-19(16(2)28(15)26-24(31)17-8-4-3-5-9-17)20(29)14-34-22(30)13-25-23-18-10-6-7-11-21(18)35(32,33)27-23/h3-12H,13-14H2,1-2H3,(H,25,27)(H,26,31). The fraction of sp³-hybridized carbons (Fsp3) is 0.167. The quantitative estimate of drug-likeness (QED) is 0.381. The van der Waals surface area contributed by atoms with E-state index in [0.717, 1.165) is 0 Å². The van der Waals surface area contributed by atoms with Crippen LogP contribution in [0.25, 0.3) is 0 Å². The van der Waals surface area contributed by atoms with Crippen molar-refractivity contribution in [2.45, 2.75) is 18.7 Å². The molecule has 10 nitrogen and oxygen atoms in total. The maximum Gasteiger partial charge on any atom is 0.328 e. The molecule has 2 N–H and O–H groups in total. The largest absolute Gasteiger partial charge is 0.456 e. The van der Waals surface area contributed by atoms with Gasteiger partial charge in [0.2, 0.25) is 5.78 Å². The number of esters is 1. The van der Waals surface area contributed by atoms with E-state index in [1.54, 1.807) is 68.4 Å². The van der Waals surface area contributed by atoms with Crippen molar-refractivity contribution >= 4 is 33.5 Å². The normalized spacial score (nSPS) is 14.7. The third-order valence-corrected chi connectivity index (χ3v) is 6.77. The molecule has 1 aromatic heterocycles. The second-order valence-corrected chi connectivity index (χ2v) is 9.43. The Morgan fingerprint density at radius 2 is 1.71 bits per heavy atom. The van der Waals surface area contributed by atoms with Crippen molar-refractivity contribution in [3.8, 4) is 0 Å². The molecule has 0 aliphatic carbocycles. The number of benzene rings is 2. The van der Waals surface area contributed by atoms with E-state index >= 15 is 0 Å². The molecule has 180 valence electrons. The number of aromatic nitrogens is 1. The molecule has 1 aliphatic rings. The maximum absolute atomic E-state index is 12.7. The van der Waals surface area contributed by atoms with Crippen LogP contribution in [0.15, 0.2) is 70.6 Å². The first-order valence-electron chi connectivity index (χ1n) is 10.6. The van der Waals surface area contributed by atoms with Crippen LogP contribution in [-0.4, -0.2) is 49.7 Å². The Kier molecular flexibility index (Phi) is 6.52. The number of aliphatic imine (C=N–C) groups is 1. The number of carbonyl (C=O) groups excluding carboxylic acids is 3. The lowest BCUT2D eigenvalue weighted by Gasteiger charge is -2.11. The minimum atomic E-state index is -3.72. The highest BCUT2D eigenvalue weighted by Crippen LogP contribution is 2.22. The number of aryl methyl sites for hydroxylation is 1. The van der Waals surface area contributed by atoms with E-state index in [0.29, 0.717) is 28.1 Å². The molecule has 4 rings (SSSR count). The Balaban J connectivity index is 1.38. The predicted molar refractivity (Wildman–Crippen MR) is 127 cm³/mol. The summed E-state index contributed by atoms with van der Waals surface area (Å²) in [6.45, 7) is 2.41. The van der Waals surface area contributed by atoms with Gasteiger partial charge in [0, 0.05) is 28.1 Å². The van der Waals surface area contributed by atoms with E-state index < -0.39 is 34.9 Å². The molecule has 3 aromatic rings. The van der Waals surface area contributed by atoms with Gasteiger partial charge in [-0.3, -0.25) is 34.2 Å². The first kappa shape index (κ1) is 23.9. The Labute approximate surface area is 201 Å². The zero-order valence-corrected chi connectivity index (χ0v) is 19.8. The number of ketones is 1. The van der Waals surface area contributed by atoms with Crippen molar-refractivity contribution in [3.63, 3.8) is 0 Å². The summed E-state index contributed by atoms with van der Waals surface area (Å²) in [5.74, 6) is -1.53. The van der Waals surface area contributed by atoms with Crippen molar-refractivity contribution in [1.29, 1.82) is 0 Å². The van der Waals surface area contributed by atoms with Gasteiger partial charge in [0.15, 0.2) is 6.61 Å². The Morgan fingerprint density at radius 1 is 1.03 bits per heavy atom. The molecule has 0 bridgehead atoms. The van der Waals surface area contributed by atoms with Crippen LogP contribution in [0.5, 0.6) is 0 Å². The molecule has 11 heteroatoms. The fourth-order valence-corrected chi connectivity index (χ4v) is 4.89. The molecule has 0 saturated heterocycles. The molecule has 1 amide bonds. The molecular formula is C24H22N4O6S. The Hall–Kier alpha value is -4.25. The molecule has 35 heavy (non-hydrogen) atoms. The van der Waals surface area contributed by atoms with Gasteiger partial charge in [-0.2, -0.15) is 0 Å². The van der Waals surface area contributed by atoms with Gasteiger partial charge in [-0.1, -0.05) is 30.3 Å². The molecule has 0 atom stereocenters. The summed E-state index contributed by atoms with van der Waals surface area (Å²) < 4.78 is 33.1. The summed E-state index contributed by atoms with van der Waals surface area (Å²) in [7, 11) is -3.72. The van der Waals surface area contributed by atoms with Gasteiger partial charge in [0.1, 0.15) is 12.4 Å². The molecule has 0 radical (unpaired) electrons. The van der Waals surface area contributed by atoms with Gasteiger partial charge in [-0.05, 0) is 44.2 Å².